The Labute approximate surface area is 129 Å². The van der Waals surface area contributed by atoms with E-state index in [4.69, 9.17) is 9.84 Å². The van der Waals surface area contributed by atoms with Gasteiger partial charge in [0.2, 0.25) is 5.91 Å². The van der Waals surface area contributed by atoms with Gasteiger partial charge in [-0.2, -0.15) is 0 Å². The van der Waals surface area contributed by atoms with E-state index in [1.54, 1.807) is 0 Å². The molecule has 3 rings (SSSR count). The zero-order chi connectivity index (χ0) is 15.5. The second-order valence-corrected chi connectivity index (χ2v) is 6.21. The molecule has 5 heteroatoms. The number of carbonyl (C=O) groups is 2. The van der Waals surface area contributed by atoms with Crippen molar-refractivity contribution < 1.29 is 19.4 Å². The lowest BCUT2D eigenvalue weighted by Crippen LogP contribution is -2.39. The van der Waals surface area contributed by atoms with Gasteiger partial charge in [0.25, 0.3) is 0 Å². The van der Waals surface area contributed by atoms with Gasteiger partial charge in [0.05, 0.1) is 25.0 Å². The van der Waals surface area contributed by atoms with Crippen molar-refractivity contribution in [2.24, 2.45) is 11.8 Å². The summed E-state index contributed by atoms with van der Waals surface area (Å²) in [6.45, 7) is 0.991. The van der Waals surface area contributed by atoms with E-state index in [2.05, 4.69) is 5.32 Å². The van der Waals surface area contributed by atoms with Crippen molar-refractivity contribution in [3.63, 3.8) is 0 Å². The van der Waals surface area contributed by atoms with Gasteiger partial charge in [-0.3, -0.25) is 9.59 Å². The molecule has 1 aliphatic carbocycles. The highest BCUT2D eigenvalue weighted by Gasteiger charge is 2.37. The summed E-state index contributed by atoms with van der Waals surface area (Å²) in [7, 11) is 0. The monoisotopic (exact) mass is 303 g/mol. The fraction of sp³-hybridized carbons (Fsp3) is 0.529. The Bertz CT molecular complexity index is 545. The molecule has 1 aromatic carbocycles. The number of aliphatic carboxylic acids is 1. The Balaban J connectivity index is 1.61. The minimum absolute atomic E-state index is 0.0117. The third-order valence-corrected chi connectivity index (χ3v) is 4.77. The van der Waals surface area contributed by atoms with Gasteiger partial charge in [-0.05, 0) is 24.8 Å². The van der Waals surface area contributed by atoms with Crippen LogP contribution in [-0.2, 0) is 14.3 Å². The number of hydrogen-bond acceptors (Lipinski definition) is 3. The van der Waals surface area contributed by atoms with Crippen LogP contribution in [0.1, 0.15) is 30.7 Å². The fourth-order valence-electron chi connectivity index (χ4n) is 3.49. The number of hydrogen-bond donors (Lipinski definition) is 2. The van der Waals surface area contributed by atoms with Crippen molar-refractivity contribution in [1.82, 2.24) is 5.32 Å². The van der Waals surface area contributed by atoms with Gasteiger partial charge in [0, 0.05) is 12.0 Å². The molecule has 2 N–H and O–H groups in total. The number of amides is 1. The first kappa shape index (κ1) is 15.0. The molecule has 0 aromatic heterocycles. The van der Waals surface area contributed by atoms with Crippen molar-refractivity contribution in [3.8, 4) is 0 Å². The van der Waals surface area contributed by atoms with Gasteiger partial charge in [0.15, 0.2) is 0 Å². The summed E-state index contributed by atoms with van der Waals surface area (Å²) < 4.78 is 5.51. The van der Waals surface area contributed by atoms with Crippen LogP contribution in [0, 0.1) is 11.8 Å². The Morgan fingerprint density at radius 2 is 1.91 bits per heavy atom. The number of ether oxygens (including phenoxy) is 1. The highest BCUT2D eigenvalue weighted by atomic mass is 16.5. The second-order valence-electron chi connectivity index (χ2n) is 6.21. The first-order valence-electron chi connectivity index (χ1n) is 7.81. The molecule has 2 aliphatic rings. The molecule has 1 saturated carbocycles. The molecule has 22 heavy (non-hydrogen) atoms. The molecule has 1 aliphatic heterocycles. The normalized spacial score (nSPS) is 31.1. The Morgan fingerprint density at radius 1 is 1.14 bits per heavy atom. The molecule has 1 aromatic rings. The molecule has 2 unspecified atom stereocenters. The first-order valence-corrected chi connectivity index (χ1v) is 7.81. The van der Waals surface area contributed by atoms with Crippen molar-refractivity contribution in [2.75, 3.05) is 13.2 Å². The molecule has 1 saturated heterocycles. The number of carboxylic acids is 1. The lowest BCUT2D eigenvalue weighted by Gasteiger charge is -2.20. The van der Waals surface area contributed by atoms with Crippen LogP contribution in [0.5, 0.6) is 0 Å². The average Bonchev–Trinajstić information content (AvgIpc) is 3.17. The van der Waals surface area contributed by atoms with Crippen LogP contribution in [-0.4, -0.2) is 36.2 Å². The second kappa shape index (κ2) is 6.48. The number of nitrogens with one attached hydrogen (secondary N) is 1. The van der Waals surface area contributed by atoms with Crippen LogP contribution >= 0.6 is 0 Å². The van der Waals surface area contributed by atoms with Gasteiger partial charge in [-0.15, -0.1) is 0 Å². The molecule has 118 valence electrons. The zero-order valence-corrected chi connectivity index (χ0v) is 12.4. The summed E-state index contributed by atoms with van der Waals surface area (Å²) in [5, 5.41) is 12.1. The molecule has 1 heterocycles. The fourth-order valence-corrected chi connectivity index (χ4v) is 3.49. The molecule has 1 amide bonds. The van der Waals surface area contributed by atoms with E-state index in [1.807, 2.05) is 30.3 Å². The van der Waals surface area contributed by atoms with E-state index in [1.165, 1.54) is 0 Å². The van der Waals surface area contributed by atoms with Gasteiger partial charge in [0.1, 0.15) is 0 Å². The van der Waals surface area contributed by atoms with Gasteiger partial charge >= 0.3 is 5.97 Å². The van der Waals surface area contributed by atoms with E-state index in [0.29, 0.717) is 26.1 Å². The van der Waals surface area contributed by atoms with E-state index in [0.717, 1.165) is 12.0 Å². The smallest absolute Gasteiger partial charge is 0.306 e. The minimum atomic E-state index is -0.761. The van der Waals surface area contributed by atoms with Crippen LogP contribution < -0.4 is 5.32 Å². The number of carboxylic acid groups (broad SMARTS) is 1. The van der Waals surface area contributed by atoms with Crippen LogP contribution in [0.2, 0.25) is 0 Å². The number of rotatable bonds is 4. The molecule has 4 atom stereocenters. The molecule has 0 radical (unpaired) electrons. The Kier molecular flexibility index (Phi) is 4.43. The maximum atomic E-state index is 12.5. The number of carbonyl (C=O) groups excluding carboxylic acids is 1. The third kappa shape index (κ3) is 3.14. The SMILES string of the molecule is O=C(N[C@H]1CC[C@@H](C(=O)O)C1)C1COCC1c1ccccc1. The molecule has 0 spiro atoms. The molecule has 5 nitrogen and oxygen atoms in total. The summed E-state index contributed by atoms with van der Waals surface area (Å²) >= 11 is 0. The summed E-state index contributed by atoms with van der Waals surface area (Å²) in [5.74, 6) is -1.20. The summed E-state index contributed by atoms with van der Waals surface area (Å²) in [6, 6.07) is 9.92. The minimum Gasteiger partial charge on any atom is -0.481 e. The molecule has 0 bridgehead atoms. The lowest BCUT2D eigenvalue weighted by molar-refractivity contribution is -0.141. The summed E-state index contributed by atoms with van der Waals surface area (Å²) in [4.78, 5) is 23.5. The van der Waals surface area contributed by atoms with Gasteiger partial charge in [-0.1, -0.05) is 30.3 Å². The lowest BCUT2D eigenvalue weighted by atomic mass is 9.88. The van der Waals surface area contributed by atoms with Gasteiger partial charge in [-0.25, -0.2) is 0 Å². The highest BCUT2D eigenvalue weighted by molar-refractivity contribution is 5.81. The zero-order valence-electron chi connectivity index (χ0n) is 12.4. The number of benzene rings is 1. The molecular weight excluding hydrogens is 282 g/mol. The highest BCUT2D eigenvalue weighted by Crippen LogP contribution is 2.32. The van der Waals surface area contributed by atoms with Gasteiger partial charge < -0.3 is 15.2 Å². The maximum Gasteiger partial charge on any atom is 0.306 e. The van der Waals surface area contributed by atoms with Crippen molar-refractivity contribution in [2.45, 2.75) is 31.2 Å². The van der Waals surface area contributed by atoms with Crippen LogP contribution in [0.25, 0.3) is 0 Å². The van der Waals surface area contributed by atoms with Crippen molar-refractivity contribution in [3.05, 3.63) is 35.9 Å². The first-order chi connectivity index (χ1) is 10.6. The quantitative estimate of drug-likeness (QED) is 0.889. The van der Waals surface area contributed by atoms with Crippen LogP contribution in [0.4, 0.5) is 0 Å². The summed E-state index contributed by atoms with van der Waals surface area (Å²) in [6.07, 6.45) is 1.92. The average molecular weight is 303 g/mol. The van der Waals surface area contributed by atoms with E-state index in [9.17, 15) is 9.59 Å². The third-order valence-electron chi connectivity index (χ3n) is 4.77. The predicted octanol–water partition coefficient (Wildman–Crippen LogP) is 1.79. The van der Waals surface area contributed by atoms with Crippen molar-refractivity contribution in [1.29, 1.82) is 0 Å². The van der Waals surface area contributed by atoms with E-state index >= 15 is 0 Å². The standard InChI is InChI=1S/C17H21NO4/c19-16(18-13-7-6-12(8-13)17(20)21)15-10-22-9-14(15)11-4-2-1-3-5-11/h1-5,12-15H,6-10H2,(H,18,19)(H,20,21)/t12-,13+,14?,15?/m1/s1. The van der Waals surface area contributed by atoms with Crippen LogP contribution in [0.15, 0.2) is 30.3 Å². The molecule has 2 fully saturated rings. The summed E-state index contributed by atoms with van der Waals surface area (Å²) in [5.41, 5.74) is 1.12. The topological polar surface area (TPSA) is 75.6 Å². The van der Waals surface area contributed by atoms with E-state index < -0.39 is 5.97 Å². The Morgan fingerprint density at radius 3 is 2.59 bits per heavy atom. The van der Waals surface area contributed by atoms with Crippen molar-refractivity contribution >= 4 is 11.9 Å². The maximum absolute atomic E-state index is 12.5. The predicted molar refractivity (Wildman–Crippen MR) is 80.4 cm³/mol. The largest absolute Gasteiger partial charge is 0.481 e. The Hall–Kier alpha value is -1.88. The molecular formula is C17H21NO4. The van der Waals surface area contributed by atoms with Crippen LogP contribution in [0.3, 0.4) is 0 Å². The van der Waals surface area contributed by atoms with E-state index in [-0.39, 0.29) is 29.7 Å².